The lowest BCUT2D eigenvalue weighted by Crippen LogP contribution is -2.39. The lowest BCUT2D eigenvalue weighted by molar-refractivity contribution is -0.122. The summed E-state index contributed by atoms with van der Waals surface area (Å²) in [6, 6.07) is 18.2. The van der Waals surface area contributed by atoms with Crippen molar-refractivity contribution in [3.05, 3.63) is 70.7 Å². The van der Waals surface area contributed by atoms with E-state index in [4.69, 9.17) is 16.3 Å². The monoisotopic (exact) mass is 371 g/mol. The van der Waals surface area contributed by atoms with Crippen molar-refractivity contribution in [2.75, 3.05) is 7.11 Å². The minimum absolute atomic E-state index is 0.0415. The Morgan fingerprint density at radius 1 is 1.08 bits per heavy atom. The SMILES string of the molecule is COC1CCC(NC(=O)CC(c2ccccc2)c2ccccc2Cl)CC1. The lowest BCUT2D eigenvalue weighted by Gasteiger charge is -2.29. The first-order valence-corrected chi connectivity index (χ1v) is 9.66. The Kier molecular flexibility index (Phi) is 6.70. The number of amides is 1. The highest BCUT2D eigenvalue weighted by molar-refractivity contribution is 6.31. The molecule has 1 N–H and O–H groups in total. The van der Waals surface area contributed by atoms with Gasteiger partial charge in [0.15, 0.2) is 0 Å². The predicted molar refractivity (Wildman–Crippen MR) is 106 cm³/mol. The molecular weight excluding hydrogens is 346 g/mol. The van der Waals surface area contributed by atoms with Gasteiger partial charge in [-0.3, -0.25) is 4.79 Å². The van der Waals surface area contributed by atoms with Crippen LogP contribution in [0.5, 0.6) is 0 Å². The highest BCUT2D eigenvalue weighted by Gasteiger charge is 2.25. The van der Waals surface area contributed by atoms with Crippen molar-refractivity contribution >= 4 is 17.5 Å². The second kappa shape index (κ2) is 9.20. The molecule has 2 aromatic carbocycles. The molecule has 0 heterocycles. The van der Waals surface area contributed by atoms with E-state index in [0.29, 0.717) is 17.5 Å². The molecule has 138 valence electrons. The van der Waals surface area contributed by atoms with Gasteiger partial charge in [-0.2, -0.15) is 0 Å². The highest BCUT2D eigenvalue weighted by Crippen LogP contribution is 2.33. The molecule has 0 aromatic heterocycles. The summed E-state index contributed by atoms with van der Waals surface area (Å²) >= 11 is 6.43. The molecule has 2 aromatic rings. The van der Waals surface area contributed by atoms with Crippen molar-refractivity contribution in [1.82, 2.24) is 5.32 Å². The highest BCUT2D eigenvalue weighted by atomic mass is 35.5. The van der Waals surface area contributed by atoms with Crippen LogP contribution in [-0.2, 0) is 9.53 Å². The predicted octanol–water partition coefficient (Wildman–Crippen LogP) is 4.94. The third-order valence-electron chi connectivity index (χ3n) is 5.24. The number of ether oxygens (including phenoxy) is 1. The summed E-state index contributed by atoms with van der Waals surface area (Å²) < 4.78 is 5.41. The van der Waals surface area contributed by atoms with E-state index >= 15 is 0 Å². The number of hydrogen-bond donors (Lipinski definition) is 1. The summed E-state index contributed by atoms with van der Waals surface area (Å²) in [6.07, 6.45) is 4.71. The van der Waals surface area contributed by atoms with Crippen molar-refractivity contribution in [2.45, 2.75) is 50.2 Å². The zero-order valence-electron chi connectivity index (χ0n) is 15.2. The van der Waals surface area contributed by atoms with Crippen LogP contribution in [0, 0.1) is 0 Å². The summed E-state index contributed by atoms with van der Waals surface area (Å²) in [5.41, 5.74) is 2.11. The fourth-order valence-corrected chi connectivity index (χ4v) is 4.03. The van der Waals surface area contributed by atoms with Gasteiger partial charge in [-0.05, 0) is 42.9 Å². The molecule has 3 nitrogen and oxygen atoms in total. The standard InChI is InChI=1S/C22H26ClNO2/c1-26-18-13-11-17(12-14-18)24-22(25)15-20(16-7-3-2-4-8-16)19-9-5-6-10-21(19)23/h2-10,17-18,20H,11-15H2,1H3,(H,24,25). The summed E-state index contributed by atoms with van der Waals surface area (Å²) in [5, 5.41) is 3.92. The van der Waals surface area contributed by atoms with Gasteiger partial charge in [-0.1, -0.05) is 60.1 Å². The molecule has 1 fully saturated rings. The van der Waals surface area contributed by atoms with E-state index in [-0.39, 0.29) is 17.9 Å². The number of nitrogens with one attached hydrogen (secondary N) is 1. The summed E-state index contributed by atoms with van der Waals surface area (Å²) in [6.45, 7) is 0. The Bertz CT molecular complexity index is 711. The zero-order chi connectivity index (χ0) is 18.4. The Labute approximate surface area is 160 Å². The molecule has 4 heteroatoms. The van der Waals surface area contributed by atoms with Crippen LogP contribution >= 0.6 is 11.6 Å². The first kappa shape index (κ1) is 18.9. The molecule has 26 heavy (non-hydrogen) atoms. The van der Waals surface area contributed by atoms with Crippen LogP contribution in [0.1, 0.15) is 49.1 Å². The number of carbonyl (C=O) groups is 1. The molecule has 1 aliphatic rings. The third kappa shape index (κ3) is 4.87. The Morgan fingerprint density at radius 3 is 2.38 bits per heavy atom. The largest absolute Gasteiger partial charge is 0.381 e. The maximum atomic E-state index is 12.7. The van der Waals surface area contributed by atoms with E-state index in [0.717, 1.165) is 36.8 Å². The molecule has 0 spiro atoms. The number of halogens is 1. The lowest BCUT2D eigenvalue weighted by atomic mass is 9.87. The summed E-state index contributed by atoms with van der Waals surface area (Å²) in [5.74, 6) is 0.0415. The van der Waals surface area contributed by atoms with Gasteiger partial charge in [-0.15, -0.1) is 0 Å². The summed E-state index contributed by atoms with van der Waals surface area (Å²) in [7, 11) is 1.76. The molecule has 0 aliphatic heterocycles. The van der Waals surface area contributed by atoms with Crippen LogP contribution in [0.15, 0.2) is 54.6 Å². The normalized spacial score (nSPS) is 21.2. The van der Waals surface area contributed by atoms with Gasteiger partial charge in [0.2, 0.25) is 5.91 Å². The van der Waals surface area contributed by atoms with Crippen molar-refractivity contribution < 1.29 is 9.53 Å². The number of carbonyl (C=O) groups excluding carboxylic acids is 1. The molecule has 1 amide bonds. The van der Waals surface area contributed by atoms with Gasteiger partial charge >= 0.3 is 0 Å². The van der Waals surface area contributed by atoms with E-state index in [1.807, 2.05) is 42.5 Å². The third-order valence-corrected chi connectivity index (χ3v) is 5.59. The molecule has 1 aliphatic carbocycles. The molecular formula is C22H26ClNO2. The average Bonchev–Trinajstić information content (AvgIpc) is 2.68. The van der Waals surface area contributed by atoms with Crippen LogP contribution in [0.25, 0.3) is 0 Å². The first-order valence-electron chi connectivity index (χ1n) is 9.29. The van der Waals surface area contributed by atoms with E-state index < -0.39 is 0 Å². The van der Waals surface area contributed by atoms with Gasteiger partial charge in [-0.25, -0.2) is 0 Å². The van der Waals surface area contributed by atoms with Crippen LogP contribution in [0.2, 0.25) is 5.02 Å². The molecule has 0 saturated heterocycles. The first-order chi connectivity index (χ1) is 12.7. The fraction of sp³-hybridized carbons (Fsp3) is 0.409. The number of hydrogen-bond acceptors (Lipinski definition) is 2. The Balaban J connectivity index is 1.70. The van der Waals surface area contributed by atoms with Crippen LogP contribution in [0.3, 0.4) is 0 Å². The maximum Gasteiger partial charge on any atom is 0.221 e. The van der Waals surface area contributed by atoms with Crippen molar-refractivity contribution in [2.24, 2.45) is 0 Å². The van der Waals surface area contributed by atoms with E-state index in [1.165, 1.54) is 0 Å². The Morgan fingerprint density at radius 2 is 1.73 bits per heavy atom. The quantitative estimate of drug-likeness (QED) is 0.781. The smallest absolute Gasteiger partial charge is 0.221 e. The average molecular weight is 372 g/mol. The molecule has 1 atom stereocenters. The van der Waals surface area contributed by atoms with Crippen LogP contribution in [-0.4, -0.2) is 25.2 Å². The number of benzene rings is 2. The number of methoxy groups -OCH3 is 1. The topological polar surface area (TPSA) is 38.3 Å². The minimum Gasteiger partial charge on any atom is -0.381 e. The zero-order valence-corrected chi connectivity index (χ0v) is 15.9. The van der Waals surface area contributed by atoms with Gasteiger partial charge < -0.3 is 10.1 Å². The Hall–Kier alpha value is -1.84. The second-order valence-electron chi connectivity index (χ2n) is 6.97. The molecule has 3 rings (SSSR count). The van der Waals surface area contributed by atoms with Gasteiger partial charge in [0.25, 0.3) is 0 Å². The molecule has 0 radical (unpaired) electrons. The van der Waals surface area contributed by atoms with Crippen molar-refractivity contribution in [3.8, 4) is 0 Å². The molecule has 1 unspecified atom stereocenters. The number of rotatable bonds is 6. The van der Waals surface area contributed by atoms with Crippen LogP contribution in [0.4, 0.5) is 0 Å². The second-order valence-corrected chi connectivity index (χ2v) is 7.37. The van der Waals surface area contributed by atoms with Gasteiger partial charge in [0.1, 0.15) is 0 Å². The van der Waals surface area contributed by atoms with Crippen molar-refractivity contribution in [3.63, 3.8) is 0 Å². The molecule has 0 bridgehead atoms. The van der Waals surface area contributed by atoms with E-state index in [9.17, 15) is 4.79 Å². The molecule has 1 saturated carbocycles. The van der Waals surface area contributed by atoms with E-state index in [1.54, 1.807) is 7.11 Å². The van der Waals surface area contributed by atoms with E-state index in [2.05, 4.69) is 17.4 Å². The van der Waals surface area contributed by atoms with Gasteiger partial charge in [0, 0.05) is 30.5 Å². The van der Waals surface area contributed by atoms with Crippen LogP contribution < -0.4 is 5.32 Å². The summed E-state index contributed by atoms with van der Waals surface area (Å²) in [4.78, 5) is 12.7. The minimum atomic E-state index is -0.0415. The maximum absolute atomic E-state index is 12.7. The van der Waals surface area contributed by atoms with Crippen molar-refractivity contribution in [1.29, 1.82) is 0 Å². The van der Waals surface area contributed by atoms with Gasteiger partial charge in [0.05, 0.1) is 6.10 Å². The fourth-order valence-electron chi connectivity index (χ4n) is 3.77.